The molecule has 6 nitrogen and oxygen atoms in total. The van der Waals surface area contributed by atoms with E-state index < -0.39 is 15.9 Å². The second kappa shape index (κ2) is 5.69. The molecule has 4 N–H and O–H groups in total. The number of amides is 1. The molecule has 2 heterocycles. The molecule has 3 aromatic rings. The van der Waals surface area contributed by atoms with Crippen LogP contribution in [-0.4, -0.2) is 25.6 Å². The maximum Gasteiger partial charge on any atom is 0.265 e. The second-order valence-corrected chi connectivity index (χ2v) is 9.25. The number of nitrogens with one attached hydrogen (secondary N) is 2. The Labute approximate surface area is 149 Å². The Morgan fingerprint density at radius 3 is 2.76 bits per heavy atom. The topological polar surface area (TPSA) is 105 Å². The fraction of sp³-hybridized carbons (Fsp3) is 0.235. The lowest BCUT2D eigenvalue weighted by atomic mass is 10.00. The molecule has 1 aliphatic rings. The summed E-state index contributed by atoms with van der Waals surface area (Å²) in [7, 11) is -3.34. The van der Waals surface area contributed by atoms with Crippen molar-refractivity contribution in [2.24, 2.45) is 5.73 Å². The minimum atomic E-state index is -3.34. The van der Waals surface area contributed by atoms with E-state index in [1.165, 1.54) is 6.26 Å². The van der Waals surface area contributed by atoms with E-state index in [-0.39, 0.29) is 12.0 Å². The molecule has 2 atom stereocenters. The smallest absolute Gasteiger partial charge is 0.265 e. The molecule has 0 aliphatic heterocycles. The maximum absolute atomic E-state index is 11.9. The van der Waals surface area contributed by atoms with Gasteiger partial charge in [0.15, 0.2) is 0 Å². The highest BCUT2D eigenvalue weighted by Crippen LogP contribution is 2.46. The van der Waals surface area contributed by atoms with Crippen molar-refractivity contribution in [2.75, 3.05) is 6.26 Å². The average Bonchev–Trinajstić information content (AvgIpc) is 3.17. The Balaban J connectivity index is 1.75. The van der Waals surface area contributed by atoms with E-state index in [1.54, 1.807) is 17.4 Å². The molecule has 1 amide bonds. The van der Waals surface area contributed by atoms with E-state index in [2.05, 4.69) is 9.71 Å². The predicted octanol–water partition coefficient (Wildman–Crippen LogP) is 2.26. The SMILES string of the molecule is CS(=O)(=O)N[C@@H]1c2ccccc2C[C@@H]1c1cc2[nH]c(C(N)=O)cc2s1. The molecule has 0 saturated heterocycles. The first-order chi connectivity index (χ1) is 11.8. The minimum absolute atomic E-state index is 0.0231. The normalized spacial score (nSPS) is 20.0. The number of carbonyl (C=O) groups is 1. The van der Waals surface area contributed by atoms with Crippen molar-refractivity contribution >= 4 is 37.5 Å². The Bertz CT molecular complexity index is 1050. The fourth-order valence-electron chi connectivity index (χ4n) is 3.49. The summed E-state index contributed by atoms with van der Waals surface area (Å²) in [5.41, 5.74) is 8.71. The number of nitrogens with two attached hydrogens (primary N) is 1. The fourth-order valence-corrected chi connectivity index (χ4v) is 5.44. The van der Waals surface area contributed by atoms with Crippen molar-refractivity contribution in [2.45, 2.75) is 18.4 Å². The van der Waals surface area contributed by atoms with Crippen molar-refractivity contribution in [3.05, 3.63) is 58.1 Å². The molecule has 0 fully saturated rings. The highest BCUT2D eigenvalue weighted by atomic mass is 32.2. The lowest BCUT2D eigenvalue weighted by molar-refractivity contribution is 0.0996. The van der Waals surface area contributed by atoms with Gasteiger partial charge in [-0.25, -0.2) is 13.1 Å². The third-order valence-corrected chi connectivity index (χ3v) is 6.43. The van der Waals surface area contributed by atoms with Crippen LogP contribution in [-0.2, 0) is 16.4 Å². The third-order valence-electron chi connectivity index (χ3n) is 4.53. The van der Waals surface area contributed by atoms with Crippen LogP contribution in [0.15, 0.2) is 36.4 Å². The van der Waals surface area contributed by atoms with Crippen molar-refractivity contribution < 1.29 is 13.2 Å². The van der Waals surface area contributed by atoms with E-state index >= 15 is 0 Å². The molecule has 130 valence electrons. The number of rotatable bonds is 4. The zero-order chi connectivity index (χ0) is 17.8. The molecule has 0 radical (unpaired) electrons. The first-order valence-corrected chi connectivity index (χ1v) is 10.5. The number of sulfonamides is 1. The van der Waals surface area contributed by atoms with Gasteiger partial charge in [-0.05, 0) is 29.7 Å². The number of H-pyrrole nitrogens is 1. The van der Waals surface area contributed by atoms with Gasteiger partial charge in [0, 0.05) is 10.8 Å². The van der Waals surface area contributed by atoms with Gasteiger partial charge in [0.05, 0.1) is 22.5 Å². The van der Waals surface area contributed by atoms with Crippen molar-refractivity contribution in [1.82, 2.24) is 9.71 Å². The van der Waals surface area contributed by atoms with Crippen LogP contribution in [0.1, 0.15) is 38.5 Å². The van der Waals surface area contributed by atoms with Crippen molar-refractivity contribution in [3.63, 3.8) is 0 Å². The molecule has 2 aromatic heterocycles. The highest BCUT2D eigenvalue weighted by molar-refractivity contribution is 7.88. The number of fused-ring (bicyclic) bond motifs is 2. The number of aromatic amines is 1. The third kappa shape index (κ3) is 2.97. The molecule has 8 heteroatoms. The molecule has 0 spiro atoms. The van der Waals surface area contributed by atoms with Crippen LogP contribution in [0.4, 0.5) is 0 Å². The summed E-state index contributed by atoms with van der Waals surface area (Å²) in [4.78, 5) is 15.4. The van der Waals surface area contributed by atoms with Gasteiger partial charge in [-0.3, -0.25) is 4.79 Å². The molecule has 0 bridgehead atoms. The van der Waals surface area contributed by atoms with Crippen molar-refractivity contribution in [1.29, 1.82) is 0 Å². The number of hydrogen-bond donors (Lipinski definition) is 3. The number of thiophene rings is 1. The molecular formula is C17H17N3O3S2. The van der Waals surface area contributed by atoms with Gasteiger partial charge in [-0.1, -0.05) is 24.3 Å². The Morgan fingerprint density at radius 1 is 1.32 bits per heavy atom. The zero-order valence-corrected chi connectivity index (χ0v) is 15.1. The van der Waals surface area contributed by atoms with Gasteiger partial charge >= 0.3 is 0 Å². The van der Waals surface area contributed by atoms with E-state index in [4.69, 9.17) is 5.73 Å². The molecule has 0 saturated carbocycles. The lowest BCUT2D eigenvalue weighted by Gasteiger charge is -2.20. The van der Waals surface area contributed by atoms with Gasteiger partial charge < -0.3 is 10.7 Å². The highest BCUT2D eigenvalue weighted by Gasteiger charge is 2.36. The van der Waals surface area contributed by atoms with Crippen molar-refractivity contribution in [3.8, 4) is 0 Å². The van der Waals surface area contributed by atoms with Gasteiger partial charge in [0.25, 0.3) is 5.91 Å². The second-order valence-electron chi connectivity index (χ2n) is 6.35. The average molecular weight is 375 g/mol. The van der Waals surface area contributed by atoms with Gasteiger partial charge in [-0.15, -0.1) is 11.3 Å². The van der Waals surface area contributed by atoms with Crippen LogP contribution in [0, 0.1) is 0 Å². The number of hydrogen-bond acceptors (Lipinski definition) is 4. The first-order valence-electron chi connectivity index (χ1n) is 7.79. The zero-order valence-electron chi connectivity index (χ0n) is 13.4. The van der Waals surface area contributed by atoms with Gasteiger partial charge in [0.1, 0.15) is 5.69 Å². The molecule has 1 aliphatic carbocycles. The quantitative estimate of drug-likeness (QED) is 0.651. The van der Waals surface area contributed by atoms with Gasteiger partial charge in [-0.2, -0.15) is 0 Å². The summed E-state index contributed by atoms with van der Waals surface area (Å²) < 4.78 is 27.4. The maximum atomic E-state index is 11.9. The van der Waals surface area contributed by atoms with Crippen LogP contribution in [0.2, 0.25) is 0 Å². The lowest BCUT2D eigenvalue weighted by Crippen LogP contribution is -2.29. The number of aromatic nitrogens is 1. The van der Waals surface area contributed by atoms with Crippen LogP contribution >= 0.6 is 11.3 Å². The first kappa shape index (κ1) is 16.3. The summed E-state index contributed by atoms with van der Waals surface area (Å²) in [6.07, 6.45) is 1.96. The van der Waals surface area contributed by atoms with E-state index in [0.29, 0.717) is 5.69 Å². The summed E-state index contributed by atoms with van der Waals surface area (Å²) in [5, 5.41) is 0. The van der Waals surface area contributed by atoms with Crippen LogP contribution < -0.4 is 10.5 Å². The Hall–Kier alpha value is -2.16. The Morgan fingerprint density at radius 2 is 2.08 bits per heavy atom. The molecule has 1 aromatic carbocycles. The summed E-state index contributed by atoms with van der Waals surface area (Å²) >= 11 is 1.56. The summed E-state index contributed by atoms with van der Waals surface area (Å²) in [6, 6.07) is 11.4. The summed E-state index contributed by atoms with van der Waals surface area (Å²) in [6.45, 7) is 0. The Kier molecular flexibility index (Phi) is 3.71. The number of carbonyl (C=O) groups excluding carboxylic acids is 1. The summed E-state index contributed by atoms with van der Waals surface area (Å²) in [5.74, 6) is -0.468. The van der Waals surface area contributed by atoms with Gasteiger partial charge in [0.2, 0.25) is 10.0 Å². The molecule has 0 unspecified atom stereocenters. The largest absolute Gasteiger partial charge is 0.364 e. The molecule has 25 heavy (non-hydrogen) atoms. The van der Waals surface area contributed by atoms with E-state index in [0.717, 1.165) is 32.6 Å². The monoisotopic (exact) mass is 375 g/mol. The molecule has 4 rings (SSSR count). The molecular weight excluding hydrogens is 358 g/mol. The number of benzene rings is 1. The van der Waals surface area contributed by atoms with Crippen LogP contribution in [0.5, 0.6) is 0 Å². The predicted molar refractivity (Wildman–Crippen MR) is 98.3 cm³/mol. The van der Waals surface area contributed by atoms with E-state index in [1.807, 2.05) is 30.3 Å². The van der Waals surface area contributed by atoms with Crippen LogP contribution in [0.25, 0.3) is 10.2 Å². The van der Waals surface area contributed by atoms with E-state index in [9.17, 15) is 13.2 Å². The van der Waals surface area contributed by atoms with Crippen LogP contribution in [0.3, 0.4) is 0 Å². The standard InChI is InChI=1S/C17H17N3O3S2/c1-25(22,23)20-16-10-5-3-2-4-9(10)6-11(16)14-7-12-15(24-14)8-13(19-12)17(18)21/h2-5,7-8,11,16,19-20H,6H2,1H3,(H2,18,21)/t11-,16-/m1/s1. The number of primary amides is 1. The minimum Gasteiger partial charge on any atom is -0.364 e.